The van der Waals surface area contributed by atoms with Gasteiger partial charge in [-0.15, -0.1) is 11.6 Å². The van der Waals surface area contributed by atoms with Gasteiger partial charge >= 0.3 is 0 Å². The van der Waals surface area contributed by atoms with E-state index in [-0.39, 0.29) is 5.38 Å². The van der Waals surface area contributed by atoms with Crippen molar-refractivity contribution < 1.29 is 4.74 Å². The monoisotopic (exact) mass is 210 g/mol. The minimum absolute atomic E-state index is 0.00449. The third-order valence-corrected chi connectivity index (χ3v) is 2.73. The number of halogens is 1. The second-order valence-electron chi connectivity index (χ2n) is 3.08. The number of ether oxygens (including phenoxy) is 1. The average molecular weight is 211 g/mol. The maximum absolute atomic E-state index is 6.19. The maximum Gasteiger partial charge on any atom is 0.123 e. The van der Waals surface area contributed by atoms with Gasteiger partial charge in [0.2, 0.25) is 0 Å². The quantitative estimate of drug-likeness (QED) is 0.682. The molecule has 0 saturated heterocycles. The van der Waals surface area contributed by atoms with Gasteiger partial charge in [-0.25, -0.2) is 0 Å². The summed E-state index contributed by atoms with van der Waals surface area (Å²) in [5.41, 5.74) is 2.11. The van der Waals surface area contributed by atoms with Crippen molar-refractivity contribution in [2.24, 2.45) is 0 Å². The van der Waals surface area contributed by atoms with E-state index in [1.54, 1.807) is 7.11 Å². The molecule has 0 amide bonds. The molecule has 0 N–H and O–H groups in total. The van der Waals surface area contributed by atoms with Crippen molar-refractivity contribution >= 4 is 17.7 Å². The summed E-state index contributed by atoms with van der Waals surface area (Å²) in [5.74, 6) is 0.845. The number of methoxy groups -OCH3 is 1. The molecular formula is C12H15ClO. The SMILES string of the molecule is C=Cc1ccc(OC)c(C(Cl)CC)c1. The van der Waals surface area contributed by atoms with Gasteiger partial charge in [0.15, 0.2) is 0 Å². The van der Waals surface area contributed by atoms with E-state index in [2.05, 4.69) is 13.5 Å². The molecule has 0 aliphatic carbocycles. The Morgan fingerprint density at radius 1 is 1.57 bits per heavy atom. The molecule has 1 nitrogen and oxygen atoms in total. The van der Waals surface area contributed by atoms with Crippen LogP contribution in [0.5, 0.6) is 5.75 Å². The second kappa shape index (κ2) is 5.06. The zero-order chi connectivity index (χ0) is 10.6. The molecule has 1 unspecified atom stereocenters. The molecule has 1 atom stereocenters. The van der Waals surface area contributed by atoms with E-state index in [9.17, 15) is 0 Å². The van der Waals surface area contributed by atoms with Crippen molar-refractivity contribution in [1.82, 2.24) is 0 Å². The van der Waals surface area contributed by atoms with Gasteiger partial charge in [0.05, 0.1) is 12.5 Å². The summed E-state index contributed by atoms with van der Waals surface area (Å²) in [5, 5.41) is 0.00449. The number of rotatable bonds is 4. The van der Waals surface area contributed by atoms with E-state index in [0.29, 0.717) is 0 Å². The lowest BCUT2D eigenvalue weighted by molar-refractivity contribution is 0.409. The van der Waals surface area contributed by atoms with Crippen LogP contribution >= 0.6 is 11.6 Å². The van der Waals surface area contributed by atoms with Crippen LogP contribution in [-0.4, -0.2) is 7.11 Å². The Labute approximate surface area is 90.3 Å². The van der Waals surface area contributed by atoms with Crippen LogP contribution in [-0.2, 0) is 0 Å². The fraction of sp³-hybridized carbons (Fsp3) is 0.333. The molecule has 0 spiro atoms. The molecule has 0 aromatic heterocycles. The highest BCUT2D eigenvalue weighted by Crippen LogP contribution is 2.32. The minimum Gasteiger partial charge on any atom is -0.496 e. The molecule has 0 saturated carbocycles. The summed E-state index contributed by atoms with van der Waals surface area (Å²) in [6, 6.07) is 5.92. The molecule has 0 radical (unpaired) electrons. The van der Waals surface area contributed by atoms with Crippen LogP contribution in [0.15, 0.2) is 24.8 Å². The van der Waals surface area contributed by atoms with E-state index >= 15 is 0 Å². The van der Waals surface area contributed by atoms with Crippen LogP contribution in [0.1, 0.15) is 29.8 Å². The average Bonchev–Trinajstić information content (AvgIpc) is 2.27. The van der Waals surface area contributed by atoms with Crippen LogP contribution in [0.2, 0.25) is 0 Å². The Kier molecular flexibility index (Phi) is 4.02. The van der Waals surface area contributed by atoms with E-state index in [0.717, 1.165) is 23.3 Å². The number of benzene rings is 1. The first kappa shape index (κ1) is 11.1. The molecule has 2 heteroatoms. The third-order valence-electron chi connectivity index (χ3n) is 2.19. The predicted octanol–water partition coefficient (Wildman–Crippen LogP) is 4.03. The molecule has 1 rings (SSSR count). The topological polar surface area (TPSA) is 9.23 Å². The molecule has 0 bridgehead atoms. The smallest absolute Gasteiger partial charge is 0.123 e. The zero-order valence-electron chi connectivity index (χ0n) is 8.59. The Morgan fingerprint density at radius 2 is 2.29 bits per heavy atom. The first-order valence-electron chi connectivity index (χ1n) is 4.67. The number of hydrogen-bond donors (Lipinski definition) is 0. The maximum atomic E-state index is 6.19. The van der Waals surface area contributed by atoms with E-state index in [1.807, 2.05) is 24.3 Å². The summed E-state index contributed by atoms with van der Waals surface area (Å²) in [6.07, 6.45) is 2.70. The molecule has 0 aliphatic heterocycles. The molecule has 0 aliphatic rings. The van der Waals surface area contributed by atoms with E-state index in [1.165, 1.54) is 0 Å². The van der Waals surface area contributed by atoms with Crippen LogP contribution in [0.25, 0.3) is 6.08 Å². The molecular weight excluding hydrogens is 196 g/mol. The number of alkyl halides is 1. The third kappa shape index (κ3) is 2.30. The Morgan fingerprint density at radius 3 is 2.79 bits per heavy atom. The highest BCUT2D eigenvalue weighted by Gasteiger charge is 2.11. The summed E-state index contributed by atoms with van der Waals surface area (Å²) in [7, 11) is 1.66. The van der Waals surface area contributed by atoms with Gasteiger partial charge in [-0.05, 0) is 24.1 Å². The highest BCUT2D eigenvalue weighted by atomic mass is 35.5. The van der Waals surface area contributed by atoms with E-state index in [4.69, 9.17) is 16.3 Å². The molecule has 14 heavy (non-hydrogen) atoms. The molecule has 1 aromatic rings. The Hall–Kier alpha value is -0.950. The first-order valence-corrected chi connectivity index (χ1v) is 5.11. The lowest BCUT2D eigenvalue weighted by Crippen LogP contribution is -1.95. The lowest BCUT2D eigenvalue weighted by atomic mass is 10.1. The molecule has 0 fully saturated rings. The fourth-order valence-electron chi connectivity index (χ4n) is 1.34. The minimum atomic E-state index is 0.00449. The first-order chi connectivity index (χ1) is 6.72. The lowest BCUT2D eigenvalue weighted by Gasteiger charge is -2.12. The van der Waals surface area contributed by atoms with Gasteiger partial charge in [-0.1, -0.05) is 25.6 Å². The van der Waals surface area contributed by atoms with Gasteiger partial charge in [-0.3, -0.25) is 0 Å². The van der Waals surface area contributed by atoms with E-state index < -0.39 is 0 Å². The Balaban J connectivity index is 3.14. The van der Waals surface area contributed by atoms with Crippen molar-refractivity contribution in [2.45, 2.75) is 18.7 Å². The van der Waals surface area contributed by atoms with Crippen molar-refractivity contribution in [3.05, 3.63) is 35.9 Å². The molecule has 0 heterocycles. The van der Waals surface area contributed by atoms with Crippen LogP contribution in [0.4, 0.5) is 0 Å². The number of hydrogen-bond acceptors (Lipinski definition) is 1. The highest BCUT2D eigenvalue weighted by molar-refractivity contribution is 6.21. The van der Waals surface area contributed by atoms with Crippen LogP contribution < -0.4 is 4.74 Å². The van der Waals surface area contributed by atoms with Gasteiger partial charge in [0.25, 0.3) is 0 Å². The summed E-state index contributed by atoms with van der Waals surface area (Å²) < 4.78 is 5.25. The van der Waals surface area contributed by atoms with Crippen molar-refractivity contribution in [3.63, 3.8) is 0 Å². The van der Waals surface area contributed by atoms with Crippen LogP contribution in [0.3, 0.4) is 0 Å². The Bertz CT molecular complexity index is 320. The van der Waals surface area contributed by atoms with Crippen LogP contribution in [0, 0.1) is 0 Å². The fourth-order valence-corrected chi connectivity index (χ4v) is 1.52. The summed E-state index contributed by atoms with van der Waals surface area (Å²) >= 11 is 6.19. The van der Waals surface area contributed by atoms with Gasteiger partial charge in [-0.2, -0.15) is 0 Å². The van der Waals surface area contributed by atoms with Gasteiger partial charge in [0.1, 0.15) is 5.75 Å². The predicted molar refractivity (Wildman–Crippen MR) is 62.0 cm³/mol. The normalized spacial score (nSPS) is 12.2. The zero-order valence-corrected chi connectivity index (χ0v) is 9.34. The van der Waals surface area contributed by atoms with Gasteiger partial charge in [0, 0.05) is 5.56 Å². The largest absolute Gasteiger partial charge is 0.496 e. The standard InChI is InChI=1S/C12H15ClO/c1-4-9-6-7-12(14-3)10(8-9)11(13)5-2/h4,6-8,11H,1,5H2,2-3H3. The molecule has 76 valence electrons. The van der Waals surface area contributed by atoms with Gasteiger partial charge < -0.3 is 4.74 Å². The molecule has 1 aromatic carbocycles. The van der Waals surface area contributed by atoms with Crippen molar-refractivity contribution in [1.29, 1.82) is 0 Å². The summed E-state index contributed by atoms with van der Waals surface area (Å²) in [6.45, 7) is 5.78. The second-order valence-corrected chi connectivity index (χ2v) is 3.61. The summed E-state index contributed by atoms with van der Waals surface area (Å²) in [4.78, 5) is 0. The van der Waals surface area contributed by atoms with Crippen molar-refractivity contribution in [3.8, 4) is 5.75 Å². The van der Waals surface area contributed by atoms with Crippen molar-refractivity contribution in [2.75, 3.05) is 7.11 Å².